The van der Waals surface area contributed by atoms with Crippen molar-refractivity contribution < 1.29 is 14.6 Å². The van der Waals surface area contributed by atoms with Gasteiger partial charge in [0.05, 0.1) is 25.4 Å². The summed E-state index contributed by atoms with van der Waals surface area (Å²) in [6.45, 7) is 5.80. The molecule has 1 fully saturated rings. The second-order valence-electron chi connectivity index (χ2n) is 6.17. The fraction of sp³-hybridized carbons (Fsp3) is 1.00. The molecule has 20 heavy (non-hydrogen) atoms. The van der Waals surface area contributed by atoms with Gasteiger partial charge < -0.3 is 19.9 Å². The maximum Gasteiger partial charge on any atom is 0.0897 e. The number of hydrogen-bond donors (Lipinski definition) is 2. The molecule has 4 heteroatoms. The number of methoxy groups -OCH3 is 1. The molecule has 1 rings (SSSR count). The minimum Gasteiger partial charge on any atom is -0.389 e. The lowest BCUT2D eigenvalue weighted by Crippen LogP contribution is -2.40. The average molecular weight is 287 g/mol. The van der Waals surface area contributed by atoms with Gasteiger partial charge in [0.25, 0.3) is 0 Å². The van der Waals surface area contributed by atoms with Crippen LogP contribution in [-0.4, -0.2) is 50.2 Å². The average Bonchev–Trinajstić information content (AvgIpc) is 2.45. The highest BCUT2D eigenvalue weighted by atomic mass is 16.5. The molecule has 2 unspecified atom stereocenters. The molecule has 0 radical (unpaired) electrons. The maximum atomic E-state index is 9.90. The number of hydrogen-bond acceptors (Lipinski definition) is 4. The summed E-state index contributed by atoms with van der Waals surface area (Å²) < 4.78 is 10.5. The summed E-state index contributed by atoms with van der Waals surface area (Å²) in [6, 6.07) is 0.578. The van der Waals surface area contributed by atoms with E-state index in [0.29, 0.717) is 25.8 Å². The van der Waals surface area contributed by atoms with Crippen LogP contribution in [-0.2, 0) is 9.47 Å². The third-order valence-electron chi connectivity index (χ3n) is 4.16. The Morgan fingerprint density at radius 2 is 1.90 bits per heavy atom. The summed E-state index contributed by atoms with van der Waals surface area (Å²) in [6.07, 6.45) is 7.46. The van der Waals surface area contributed by atoms with Crippen LogP contribution in [0, 0.1) is 5.92 Å². The van der Waals surface area contributed by atoms with E-state index in [-0.39, 0.29) is 6.10 Å². The largest absolute Gasteiger partial charge is 0.389 e. The molecule has 2 N–H and O–H groups in total. The molecule has 0 heterocycles. The van der Waals surface area contributed by atoms with E-state index in [2.05, 4.69) is 12.2 Å². The van der Waals surface area contributed by atoms with Crippen molar-refractivity contribution in [3.8, 4) is 0 Å². The van der Waals surface area contributed by atoms with Crippen LogP contribution in [0.3, 0.4) is 0 Å². The predicted octanol–water partition coefficient (Wildman–Crippen LogP) is 2.35. The third-order valence-corrected chi connectivity index (χ3v) is 4.16. The molecular weight excluding hydrogens is 254 g/mol. The molecular formula is C16H33NO3. The molecule has 0 bridgehead atoms. The van der Waals surface area contributed by atoms with Gasteiger partial charge in [-0.3, -0.25) is 0 Å². The van der Waals surface area contributed by atoms with E-state index in [1.807, 2.05) is 6.92 Å². The minimum atomic E-state index is -0.428. The predicted molar refractivity (Wildman–Crippen MR) is 82.0 cm³/mol. The normalized spacial score (nSPS) is 26.4. The van der Waals surface area contributed by atoms with E-state index in [4.69, 9.17) is 9.47 Å². The Kier molecular flexibility index (Phi) is 9.44. The van der Waals surface area contributed by atoms with E-state index >= 15 is 0 Å². The van der Waals surface area contributed by atoms with Crippen molar-refractivity contribution in [1.82, 2.24) is 5.32 Å². The van der Waals surface area contributed by atoms with Crippen LogP contribution < -0.4 is 5.32 Å². The van der Waals surface area contributed by atoms with Crippen LogP contribution in [0.4, 0.5) is 0 Å². The van der Waals surface area contributed by atoms with Crippen molar-refractivity contribution in [3.63, 3.8) is 0 Å². The Morgan fingerprint density at radius 1 is 1.20 bits per heavy atom. The molecule has 1 aliphatic rings. The molecule has 0 aromatic carbocycles. The lowest BCUT2D eigenvalue weighted by molar-refractivity contribution is -0.0318. The van der Waals surface area contributed by atoms with E-state index in [9.17, 15) is 5.11 Å². The molecule has 0 amide bonds. The fourth-order valence-electron chi connectivity index (χ4n) is 2.98. The van der Waals surface area contributed by atoms with Crippen LogP contribution in [0.2, 0.25) is 0 Å². The lowest BCUT2D eigenvalue weighted by atomic mass is 9.83. The summed E-state index contributed by atoms with van der Waals surface area (Å²) >= 11 is 0. The SMILES string of the molecule is CCCC1CCC(NCC(O)COC(C)COC)CC1. The number of aliphatic hydroxyl groups is 1. The minimum absolute atomic E-state index is 0.0409. The molecule has 120 valence electrons. The highest BCUT2D eigenvalue weighted by molar-refractivity contribution is 4.78. The zero-order valence-corrected chi connectivity index (χ0v) is 13.4. The second kappa shape index (κ2) is 10.6. The van der Waals surface area contributed by atoms with Gasteiger partial charge in [0.15, 0.2) is 0 Å². The summed E-state index contributed by atoms with van der Waals surface area (Å²) in [7, 11) is 1.66. The Labute approximate surface area is 124 Å². The molecule has 0 aromatic rings. The van der Waals surface area contributed by atoms with Gasteiger partial charge in [-0.15, -0.1) is 0 Å². The summed E-state index contributed by atoms with van der Waals surface area (Å²) in [5, 5.41) is 13.4. The molecule has 2 atom stereocenters. The first-order valence-electron chi connectivity index (χ1n) is 8.17. The Hall–Kier alpha value is -0.160. The van der Waals surface area contributed by atoms with Gasteiger partial charge in [-0.05, 0) is 38.5 Å². The van der Waals surface area contributed by atoms with E-state index in [1.165, 1.54) is 38.5 Å². The van der Waals surface area contributed by atoms with Gasteiger partial charge in [0.2, 0.25) is 0 Å². The van der Waals surface area contributed by atoms with E-state index in [0.717, 1.165) is 5.92 Å². The van der Waals surface area contributed by atoms with Crippen LogP contribution in [0.1, 0.15) is 52.4 Å². The third kappa shape index (κ3) is 7.58. The zero-order valence-electron chi connectivity index (χ0n) is 13.4. The van der Waals surface area contributed by atoms with Crippen molar-refractivity contribution in [3.05, 3.63) is 0 Å². The van der Waals surface area contributed by atoms with Crippen LogP contribution in [0.5, 0.6) is 0 Å². The van der Waals surface area contributed by atoms with Crippen molar-refractivity contribution in [2.24, 2.45) is 5.92 Å². The standard InChI is InChI=1S/C16H33NO3/c1-4-5-14-6-8-15(9-7-14)17-10-16(18)12-20-13(2)11-19-3/h13-18H,4-12H2,1-3H3. The number of nitrogens with one attached hydrogen (secondary N) is 1. The first-order valence-corrected chi connectivity index (χ1v) is 8.17. The molecule has 1 saturated carbocycles. The Bertz CT molecular complexity index is 230. The molecule has 1 aliphatic carbocycles. The van der Waals surface area contributed by atoms with Gasteiger partial charge in [-0.25, -0.2) is 0 Å². The van der Waals surface area contributed by atoms with Gasteiger partial charge in [0, 0.05) is 19.7 Å². The topological polar surface area (TPSA) is 50.7 Å². The van der Waals surface area contributed by atoms with Crippen molar-refractivity contribution in [2.75, 3.05) is 26.9 Å². The number of aliphatic hydroxyl groups excluding tert-OH is 1. The van der Waals surface area contributed by atoms with Gasteiger partial charge in [-0.1, -0.05) is 19.8 Å². The Morgan fingerprint density at radius 3 is 2.50 bits per heavy atom. The van der Waals surface area contributed by atoms with E-state index < -0.39 is 6.10 Å². The van der Waals surface area contributed by atoms with Crippen molar-refractivity contribution >= 4 is 0 Å². The molecule has 0 saturated heterocycles. The van der Waals surface area contributed by atoms with Crippen LogP contribution >= 0.6 is 0 Å². The van der Waals surface area contributed by atoms with Gasteiger partial charge in [0.1, 0.15) is 0 Å². The monoisotopic (exact) mass is 287 g/mol. The summed E-state index contributed by atoms with van der Waals surface area (Å²) in [5.41, 5.74) is 0. The van der Waals surface area contributed by atoms with E-state index in [1.54, 1.807) is 7.11 Å². The van der Waals surface area contributed by atoms with Gasteiger partial charge in [-0.2, -0.15) is 0 Å². The molecule has 0 aliphatic heterocycles. The van der Waals surface area contributed by atoms with Gasteiger partial charge >= 0.3 is 0 Å². The Balaban J connectivity index is 2.05. The van der Waals surface area contributed by atoms with Crippen LogP contribution in [0.15, 0.2) is 0 Å². The second-order valence-corrected chi connectivity index (χ2v) is 6.17. The number of ether oxygens (including phenoxy) is 2. The first kappa shape index (κ1) is 17.9. The highest BCUT2D eigenvalue weighted by Gasteiger charge is 2.20. The molecule has 0 aromatic heterocycles. The molecule has 4 nitrogen and oxygen atoms in total. The summed E-state index contributed by atoms with van der Waals surface area (Å²) in [5.74, 6) is 0.932. The van der Waals surface area contributed by atoms with Crippen molar-refractivity contribution in [2.45, 2.75) is 70.6 Å². The highest BCUT2D eigenvalue weighted by Crippen LogP contribution is 2.27. The quantitative estimate of drug-likeness (QED) is 0.647. The first-order chi connectivity index (χ1) is 9.65. The number of rotatable bonds is 10. The zero-order chi connectivity index (χ0) is 14.8. The smallest absolute Gasteiger partial charge is 0.0897 e. The lowest BCUT2D eigenvalue weighted by Gasteiger charge is -2.29. The molecule has 0 spiro atoms. The van der Waals surface area contributed by atoms with Crippen LogP contribution in [0.25, 0.3) is 0 Å². The summed E-state index contributed by atoms with van der Waals surface area (Å²) in [4.78, 5) is 0. The van der Waals surface area contributed by atoms with Crippen molar-refractivity contribution in [1.29, 1.82) is 0 Å². The maximum absolute atomic E-state index is 9.90. The fourth-order valence-corrected chi connectivity index (χ4v) is 2.98.